The van der Waals surface area contributed by atoms with Crippen molar-refractivity contribution in [2.75, 3.05) is 13.6 Å². The van der Waals surface area contributed by atoms with E-state index in [2.05, 4.69) is 15.6 Å². The highest BCUT2D eigenvalue weighted by atomic mass is 127. The van der Waals surface area contributed by atoms with Crippen LogP contribution in [0.3, 0.4) is 0 Å². The predicted octanol–water partition coefficient (Wildman–Crippen LogP) is 3.21. The van der Waals surface area contributed by atoms with E-state index in [4.69, 9.17) is 11.6 Å². The fraction of sp³-hybridized carbons (Fsp3) is 0.462. The minimum absolute atomic E-state index is 0. The molecule has 108 valence electrons. The molecule has 6 heteroatoms. The molecule has 0 fully saturated rings. The highest BCUT2D eigenvalue weighted by molar-refractivity contribution is 14.0. The van der Waals surface area contributed by atoms with Crippen LogP contribution >= 0.6 is 35.6 Å². The largest absolute Gasteiger partial charge is 0.356 e. The molecular weight excluding hydrogens is 380 g/mol. The van der Waals surface area contributed by atoms with Crippen LogP contribution in [0.5, 0.6) is 0 Å². The predicted molar refractivity (Wildman–Crippen MR) is 90.2 cm³/mol. The van der Waals surface area contributed by atoms with Crippen molar-refractivity contribution in [1.29, 1.82) is 0 Å². The first-order valence-electron chi connectivity index (χ1n) is 5.94. The molecule has 1 rings (SSSR count). The van der Waals surface area contributed by atoms with Gasteiger partial charge in [-0.1, -0.05) is 17.7 Å². The molecule has 1 aromatic rings. The molecule has 0 aliphatic carbocycles. The van der Waals surface area contributed by atoms with Crippen molar-refractivity contribution in [2.45, 2.75) is 26.3 Å². The Balaban J connectivity index is 0.00000324. The summed E-state index contributed by atoms with van der Waals surface area (Å²) < 4.78 is 12.9. The van der Waals surface area contributed by atoms with Crippen molar-refractivity contribution in [3.05, 3.63) is 34.6 Å². The monoisotopic (exact) mass is 399 g/mol. The van der Waals surface area contributed by atoms with Gasteiger partial charge in [-0.3, -0.25) is 4.99 Å². The summed E-state index contributed by atoms with van der Waals surface area (Å²) in [7, 11) is 1.72. The molecule has 0 saturated carbocycles. The number of guanidine groups is 1. The number of hydrogen-bond donors (Lipinski definition) is 2. The first-order valence-corrected chi connectivity index (χ1v) is 6.32. The Morgan fingerprint density at radius 3 is 2.63 bits per heavy atom. The summed E-state index contributed by atoms with van der Waals surface area (Å²) in [4.78, 5) is 4.10. The van der Waals surface area contributed by atoms with Gasteiger partial charge in [-0.25, -0.2) is 4.39 Å². The number of rotatable bonds is 4. The van der Waals surface area contributed by atoms with Gasteiger partial charge >= 0.3 is 0 Å². The highest BCUT2D eigenvalue weighted by Crippen LogP contribution is 2.17. The molecule has 0 aromatic heterocycles. The van der Waals surface area contributed by atoms with Gasteiger partial charge in [0.25, 0.3) is 0 Å². The second-order valence-corrected chi connectivity index (χ2v) is 4.69. The van der Waals surface area contributed by atoms with Crippen molar-refractivity contribution < 1.29 is 4.39 Å². The van der Waals surface area contributed by atoms with Crippen molar-refractivity contribution in [1.82, 2.24) is 10.6 Å². The van der Waals surface area contributed by atoms with E-state index in [0.29, 0.717) is 17.6 Å². The van der Waals surface area contributed by atoms with E-state index in [9.17, 15) is 4.39 Å². The zero-order chi connectivity index (χ0) is 13.5. The number of halogens is 3. The molecule has 0 aliphatic heterocycles. The summed E-state index contributed by atoms with van der Waals surface area (Å²) in [5, 5.41) is 6.82. The Morgan fingerprint density at radius 1 is 1.42 bits per heavy atom. The average Bonchev–Trinajstić information content (AvgIpc) is 2.30. The van der Waals surface area contributed by atoms with E-state index in [1.165, 1.54) is 12.1 Å². The summed E-state index contributed by atoms with van der Waals surface area (Å²) >= 11 is 5.95. The molecule has 0 heterocycles. The minimum atomic E-state index is -0.311. The Bertz CT molecular complexity index is 424. The van der Waals surface area contributed by atoms with Gasteiger partial charge in [0.15, 0.2) is 5.96 Å². The van der Waals surface area contributed by atoms with Crippen molar-refractivity contribution in [3.8, 4) is 0 Å². The van der Waals surface area contributed by atoms with Crippen LogP contribution in [0.4, 0.5) is 4.39 Å². The van der Waals surface area contributed by atoms with Crippen LogP contribution < -0.4 is 10.6 Å². The van der Waals surface area contributed by atoms with Crippen LogP contribution in [0, 0.1) is 5.82 Å². The van der Waals surface area contributed by atoms with Gasteiger partial charge in [-0.05, 0) is 38.0 Å². The number of nitrogens with zero attached hydrogens (tertiary/aromatic N) is 1. The van der Waals surface area contributed by atoms with Gasteiger partial charge < -0.3 is 10.6 Å². The summed E-state index contributed by atoms with van der Waals surface area (Å²) in [5.74, 6) is 0.442. The quantitative estimate of drug-likeness (QED) is 0.463. The van der Waals surface area contributed by atoms with Crippen molar-refractivity contribution in [2.24, 2.45) is 4.99 Å². The second kappa shape index (κ2) is 9.36. The van der Waals surface area contributed by atoms with Gasteiger partial charge in [0.2, 0.25) is 0 Å². The second-order valence-electron chi connectivity index (χ2n) is 4.28. The molecule has 0 atom stereocenters. The third-order valence-electron chi connectivity index (χ3n) is 2.35. The summed E-state index contributed by atoms with van der Waals surface area (Å²) in [5.41, 5.74) is 0.922. The molecule has 0 saturated heterocycles. The lowest BCUT2D eigenvalue weighted by Crippen LogP contribution is -2.41. The fourth-order valence-corrected chi connectivity index (χ4v) is 1.77. The lowest BCUT2D eigenvalue weighted by atomic mass is 10.1. The molecule has 3 nitrogen and oxygen atoms in total. The zero-order valence-electron chi connectivity index (χ0n) is 11.3. The molecule has 0 spiro atoms. The van der Waals surface area contributed by atoms with Gasteiger partial charge in [0, 0.05) is 24.7 Å². The van der Waals surface area contributed by atoms with Crippen LogP contribution in [-0.4, -0.2) is 25.6 Å². The average molecular weight is 400 g/mol. The zero-order valence-corrected chi connectivity index (χ0v) is 14.4. The number of hydrogen-bond acceptors (Lipinski definition) is 1. The van der Waals surface area contributed by atoms with Crippen LogP contribution in [-0.2, 0) is 6.42 Å². The molecule has 0 bridgehead atoms. The van der Waals surface area contributed by atoms with E-state index in [1.807, 2.05) is 13.8 Å². The highest BCUT2D eigenvalue weighted by Gasteiger charge is 2.03. The number of benzene rings is 1. The summed E-state index contributed by atoms with van der Waals surface area (Å²) in [6.07, 6.45) is 0.720. The standard InChI is InChI=1S/C13H19ClFN3.HI/c1-9(2)18-13(16-3)17-7-6-10-4-5-11(15)8-12(10)14;/h4-5,8-9H,6-7H2,1-3H3,(H2,16,17,18);1H. The van der Waals surface area contributed by atoms with Gasteiger partial charge in [0.05, 0.1) is 0 Å². The SMILES string of the molecule is CN=C(NCCc1ccc(F)cc1Cl)NC(C)C.I. The molecule has 0 radical (unpaired) electrons. The van der Waals surface area contributed by atoms with Crippen LogP contribution in [0.25, 0.3) is 0 Å². The molecule has 0 amide bonds. The van der Waals surface area contributed by atoms with E-state index in [-0.39, 0.29) is 29.8 Å². The van der Waals surface area contributed by atoms with Gasteiger partial charge in [0.1, 0.15) is 5.82 Å². The van der Waals surface area contributed by atoms with E-state index in [0.717, 1.165) is 17.9 Å². The smallest absolute Gasteiger partial charge is 0.191 e. The Labute approximate surface area is 136 Å². The molecule has 2 N–H and O–H groups in total. The minimum Gasteiger partial charge on any atom is -0.356 e. The summed E-state index contributed by atoms with van der Waals surface area (Å²) in [6.45, 7) is 4.78. The normalized spacial score (nSPS) is 11.2. The Kier molecular flexibility index (Phi) is 9.08. The first-order chi connectivity index (χ1) is 8.52. The molecule has 19 heavy (non-hydrogen) atoms. The maximum absolute atomic E-state index is 12.9. The molecule has 0 aliphatic rings. The maximum atomic E-state index is 12.9. The third-order valence-corrected chi connectivity index (χ3v) is 2.70. The van der Waals surface area contributed by atoms with Gasteiger partial charge in [-0.2, -0.15) is 0 Å². The first kappa shape index (κ1) is 18.4. The molecule has 0 unspecified atom stereocenters. The topological polar surface area (TPSA) is 36.4 Å². The maximum Gasteiger partial charge on any atom is 0.191 e. The Hall–Kier alpha value is -0.560. The molecular formula is C13H20ClFIN3. The van der Waals surface area contributed by atoms with Crippen molar-refractivity contribution in [3.63, 3.8) is 0 Å². The fourth-order valence-electron chi connectivity index (χ4n) is 1.51. The lowest BCUT2D eigenvalue weighted by molar-refractivity contribution is 0.626. The van der Waals surface area contributed by atoms with E-state index < -0.39 is 0 Å². The van der Waals surface area contributed by atoms with E-state index >= 15 is 0 Å². The van der Waals surface area contributed by atoms with Crippen molar-refractivity contribution >= 4 is 41.5 Å². The summed E-state index contributed by atoms with van der Waals surface area (Å²) in [6, 6.07) is 4.78. The lowest BCUT2D eigenvalue weighted by Gasteiger charge is -2.14. The van der Waals surface area contributed by atoms with Crippen LogP contribution in [0.1, 0.15) is 19.4 Å². The number of nitrogens with one attached hydrogen (secondary N) is 2. The van der Waals surface area contributed by atoms with E-state index in [1.54, 1.807) is 13.1 Å². The van der Waals surface area contributed by atoms with Crippen LogP contribution in [0.2, 0.25) is 5.02 Å². The van der Waals surface area contributed by atoms with Crippen LogP contribution in [0.15, 0.2) is 23.2 Å². The molecule has 1 aromatic carbocycles. The Morgan fingerprint density at radius 2 is 2.11 bits per heavy atom. The third kappa shape index (κ3) is 6.96. The van der Waals surface area contributed by atoms with Gasteiger partial charge in [-0.15, -0.1) is 24.0 Å². The number of aliphatic imine (C=N–C) groups is 1.